The third-order valence-electron chi connectivity index (χ3n) is 6.11. The standard InChI is InChI=1S/C30H29BrN2O6/c1-5-37-26-17-21(16-25(31)27(26)39-13-12-38-23-11-8-19(3)20(4)14-23)15-24-28(34)32-30(36)33(29(24)35)22-9-6-18(2)7-10-22/h6-11,14-17H,5,12-13H2,1-4H3,(H,32,34,36). The van der Waals surface area contributed by atoms with Crippen molar-refractivity contribution in [1.82, 2.24) is 5.32 Å². The van der Waals surface area contributed by atoms with Crippen LogP contribution in [0, 0.1) is 20.8 Å². The van der Waals surface area contributed by atoms with Crippen molar-refractivity contribution in [3.63, 3.8) is 0 Å². The van der Waals surface area contributed by atoms with Gasteiger partial charge in [0.05, 0.1) is 16.8 Å². The summed E-state index contributed by atoms with van der Waals surface area (Å²) < 4.78 is 18.1. The Bertz CT molecular complexity index is 1450. The van der Waals surface area contributed by atoms with E-state index in [1.807, 2.05) is 45.9 Å². The van der Waals surface area contributed by atoms with E-state index in [0.717, 1.165) is 21.8 Å². The number of amides is 4. The van der Waals surface area contributed by atoms with Crippen molar-refractivity contribution in [2.45, 2.75) is 27.7 Å². The number of benzene rings is 3. The Morgan fingerprint density at radius 3 is 2.28 bits per heavy atom. The van der Waals surface area contributed by atoms with Crippen LogP contribution in [-0.2, 0) is 9.59 Å². The van der Waals surface area contributed by atoms with Gasteiger partial charge in [0.15, 0.2) is 11.5 Å². The minimum atomic E-state index is -0.797. The molecule has 4 rings (SSSR count). The van der Waals surface area contributed by atoms with Gasteiger partial charge in [-0.15, -0.1) is 0 Å². The molecule has 0 atom stereocenters. The number of anilines is 1. The Hall–Kier alpha value is -4.11. The lowest BCUT2D eigenvalue weighted by molar-refractivity contribution is -0.122. The lowest BCUT2D eigenvalue weighted by atomic mass is 10.1. The number of nitrogens with one attached hydrogen (secondary N) is 1. The number of hydrogen-bond acceptors (Lipinski definition) is 6. The summed E-state index contributed by atoms with van der Waals surface area (Å²) in [4.78, 5) is 39.3. The first kappa shape index (κ1) is 27.9. The molecule has 1 fully saturated rings. The monoisotopic (exact) mass is 592 g/mol. The van der Waals surface area contributed by atoms with Crippen LogP contribution in [0.15, 0.2) is 64.6 Å². The molecule has 0 spiro atoms. The molecule has 1 aliphatic heterocycles. The zero-order valence-electron chi connectivity index (χ0n) is 22.2. The number of carbonyl (C=O) groups is 3. The van der Waals surface area contributed by atoms with Crippen molar-refractivity contribution in [2.75, 3.05) is 24.7 Å². The minimum absolute atomic E-state index is 0.181. The average Bonchev–Trinajstić information content (AvgIpc) is 2.89. The van der Waals surface area contributed by atoms with E-state index in [-0.39, 0.29) is 12.2 Å². The van der Waals surface area contributed by atoms with E-state index in [0.29, 0.717) is 40.4 Å². The molecule has 4 amide bonds. The smallest absolute Gasteiger partial charge is 0.335 e. The molecule has 9 heteroatoms. The van der Waals surface area contributed by atoms with E-state index in [9.17, 15) is 14.4 Å². The van der Waals surface area contributed by atoms with Gasteiger partial charge in [-0.2, -0.15) is 0 Å². The Balaban J connectivity index is 1.54. The number of nitrogens with zero attached hydrogens (tertiary/aromatic N) is 1. The number of barbiturate groups is 1. The molecule has 202 valence electrons. The minimum Gasteiger partial charge on any atom is -0.490 e. The van der Waals surface area contributed by atoms with E-state index in [1.165, 1.54) is 11.6 Å². The molecular weight excluding hydrogens is 564 g/mol. The molecule has 3 aromatic rings. The maximum atomic E-state index is 13.2. The number of hydrogen-bond donors (Lipinski definition) is 1. The number of halogens is 1. The molecule has 0 bridgehead atoms. The highest BCUT2D eigenvalue weighted by atomic mass is 79.9. The molecule has 0 aromatic heterocycles. The van der Waals surface area contributed by atoms with Crippen molar-refractivity contribution < 1.29 is 28.6 Å². The maximum absolute atomic E-state index is 13.2. The summed E-state index contributed by atoms with van der Waals surface area (Å²) in [6, 6.07) is 15.4. The molecule has 1 saturated heterocycles. The summed E-state index contributed by atoms with van der Waals surface area (Å²) in [5, 5.41) is 2.24. The number of rotatable bonds is 9. The SMILES string of the molecule is CCOc1cc(C=C2C(=O)NC(=O)N(c3ccc(C)cc3)C2=O)cc(Br)c1OCCOc1ccc(C)c(C)c1. The Morgan fingerprint density at radius 1 is 0.872 bits per heavy atom. The van der Waals surface area contributed by atoms with Gasteiger partial charge in [0.1, 0.15) is 24.5 Å². The number of carbonyl (C=O) groups excluding carboxylic acids is 3. The third-order valence-corrected chi connectivity index (χ3v) is 6.70. The topological polar surface area (TPSA) is 94.2 Å². The summed E-state index contributed by atoms with van der Waals surface area (Å²) in [6.07, 6.45) is 1.42. The van der Waals surface area contributed by atoms with Gasteiger partial charge in [0.2, 0.25) is 0 Å². The molecular formula is C30H29BrN2O6. The van der Waals surface area contributed by atoms with E-state index >= 15 is 0 Å². The van der Waals surface area contributed by atoms with Crippen LogP contribution in [0.25, 0.3) is 6.08 Å². The lowest BCUT2D eigenvalue weighted by Gasteiger charge is -2.26. The second kappa shape index (κ2) is 12.2. The van der Waals surface area contributed by atoms with Crippen LogP contribution in [0.1, 0.15) is 29.2 Å². The van der Waals surface area contributed by atoms with E-state index in [1.54, 1.807) is 36.4 Å². The van der Waals surface area contributed by atoms with E-state index in [2.05, 4.69) is 21.2 Å². The van der Waals surface area contributed by atoms with E-state index < -0.39 is 17.8 Å². The van der Waals surface area contributed by atoms with Crippen molar-refractivity contribution >= 4 is 45.5 Å². The lowest BCUT2D eigenvalue weighted by Crippen LogP contribution is -2.54. The second-order valence-corrected chi connectivity index (χ2v) is 9.85. The van der Waals surface area contributed by atoms with Crippen LogP contribution >= 0.6 is 15.9 Å². The first-order valence-electron chi connectivity index (χ1n) is 12.4. The predicted molar refractivity (Wildman–Crippen MR) is 152 cm³/mol. The molecule has 1 N–H and O–H groups in total. The number of imide groups is 2. The Kier molecular flexibility index (Phi) is 8.71. The Labute approximate surface area is 235 Å². The van der Waals surface area contributed by atoms with Crippen LogP contribution in [0.5, 0.6) is 17.2 Å². The number of ether oxygens (including phenoxy) is 3. The van der Waals surface area contributed by atoms with Gasteiger partial charge in [-0.25, -0.2) is 9.69 Å². The molecule has 3 aromatic carbocycles. The predicted octanol–water partition coefficient (Wildman–Crippen LogP) is 5.90. The van der Waals surface area contributed by atoms with Crippen LogP contribution in [0.4, 0.5) is 10.5 Å². The van der Waals surface area contributed by atoms with Gasteiger partial charge in [-0.1, -0.05) is 23.8 Å². The fourth-order valence-electron chi connectivity index (χ4n) is 3.93. The average molecular weight is 593 g/mol. The van der Waals surface area contributed by atoms with Crippen molar-refractivity contribution in [2.24, 2.45) is 0 Å². The zero-order chi connectivity index (χ0) is 28.1. The van der Waals surface area contributed by atoms with Gasteiger partial charge < -0.3 is 14.2 Å². The molecule has 0 aliphatic carbocycles. The van der Waals surface area contributed by atoms with Gasteiger partial charge in [0, 0.05) is 0 Å². The van der Waals surface area contributed by atoms with Crippen molar-refractivity contribution in [3.8, 4) is 17.2 Å². The fraction of sp³-hybridized carbons (Fsp3) is 0.233. The fourth-order valence-corrected chi connectivity index (χ4v) is 4.51. The summed E-state index contributed by atoms with van der Waals surface area (Å²) in [5.74, 6) is 0.178. The third kappa shape index (κ3) is 6.49. The quantitative estimate of drug-likeness (QED) is 0.189. The highest BCUT2D eigenvalue weighted by Gasteiger charge is 2.36. The normalized spacial score (nSPS) is 14.4. The highest BCUT2D eigenvalue weighted by molar-refractivity contribution is 9.10. The molecule has 0 saturated carbocycles. The maximum Gasteiger partial charge on any atom is 0.335 e. The van der Waals surface area contributed by atoms with Crippen molar-refractivity contribution in [3.05, 3.63) is 86.9 Å². The first-order chi connectivity index (χ1) is 18.7. The molecule has 0 radical (unpaired) electrons. The zero-order valence-corrected chi connectivity index (χ0v) is 23.8. The van der Waals surface area contributed by atoms with Crippen LogP contribution < -0.4 is 24.4 Å². The highest BCUT2D eigenvalue weighted by Crippen LogP contribution is 2.38. The summed E-state index contributed by atoms with van der Waals surface area (Å²) in [5.41, 5.74) is 4.02. The molecule has 0 unspecified atom stereocenters. The first-order valence-corrected chi connectivity index (χ1v) is 13.2. The molecule has 1 aliphatic rings. The molecule has 8 nitrogen and oxygen atoms in total. The van der Waals surface area contributed by atoms with Crippen molar-refractivity contribution in [1.29, 1.82) is 0 Å². The number of aryl methyl sites for hydroxylation is 3. The van der Waals surface area contributed by atoms with Gasteiger partial charge in [0.25, 0.3) is 11.8 Å². The second-order valence-electron chi connectivity index (χ2n) is 9.00. The number of urea groups is 1. The van der Waals surface area contributed by atoms with Crippen LogP contribution in [-0.4, -0.2) is 37.7 Å². The van der Waals surface area contributed by atoms with E-state index in [4.69, 9.17) is 14.2 Å². The largest absolute Gasteiger partial charge is 0.490 e. The molecule has 1 heterocycles. The van der Waals surface area contributed by atoms with Crippen LogP contribution in [0.3, 0.4) is 0 Å². The van der Waals surface area contributed by atoms with Gasteiger partial charge in [-0.3, -0.25) is 14.9 Å². The van der Waals surface area contributed by atoms with Crippen LogP contribution in [0.2, 0.25) is 0 Å². The summed E-state index contributed by atoms with van der Waals surface area (Å²) in [7, 11) is 0. The summed E-state index contributed by atoms with van der Waals surface area (Å²) >= 11 is 3.52. The van der Waals surface area contributed by atoms with Gasteiger partial charge >= 0.3 is 6.03 Å². The van der Waals surface area contributed by atoms with Gasteiger partial charge in [-0.05, 0) is 103 Å². The Morgan fingerprint density at radius 2 is 1.59 bits per heavy atom. The molecule has 39 heavy (non-hydrogen) atoms. The summed E-state index contributed by atoms with van der Waals surface area (Å²) in [6.45, 7) is 8.78.